The van der Waals surface area contributed by atoms with E-state index in [4.69, 9.17) is 5.73 Å². The Morgan fingerprint density at radius 2 is 2.00 bits per heavy atom. The number of nitrogens with one attached hydrogen (secondary N) is 1. The van der Waals surface area contributed by atoms with Crippen molar-refractivity contribution in [1.29, 1.82) is 0 Å². The quantitative estimate of drug-likeness (QED) is 0.348. The third-order valence-corrected chi connectivity index (χ3v) is 11.7. The molecule has 6 rings (SSSR count). The van der Waals surface area contributed by atoms with E-state index in [1.807, 2.05) is 19.2 Å². The number of carbonyl (C=O) groups is 1. The number of nitrogen functional groups attached to an aromatic ring is 1. The molecule has 1 amide bonds. The molecule has 0 bridgehead atoms. The van der Waals surface area contributed by atoms with Crippen LogP contribution in [0, 0.1) is 6.92 Å². The molecule has 2 aromatic carbocycles. The van der Waals surface area contributed by atoms with E-state index < -0.39 is 0 Å². The molecule has 0 spiro atoms. The normalized spacial score (nSPS) is 23.6. The van der Waals surface area contributed by atoms with Crippen molar-refractivity contribution in [2.45, 2.75) is 20.7 Å². The molecular weight excluding hydrogens is 542 g/mol. The molecule has 3 aromatic rings. The molecule has 2 fully saturated rings. The first kappa shape index (κ1) is 22.0. The molecule has 3 N–H and O–H groups in total. The monoisotopic (exact) mass is 569 g/mol. The van der Waals surface area contributed by atoms with Crippen molar-refractivity contribution in [1.82, 2.24) is 15.2 Å². The number of hydrogen-bond acceptors (Lipinski definition) is 4. The van der Waals surface area contributed by atoms with Gasteiger partial charge in [0.05, 0.1) is 0 Å². The van der Waals surface area contributed by atoms with Gasteiger partial charge in [0.2, 0.25) is 0 Å². The van der Waals surface area contributed by atoms with Crippen molar-refractivity contribution in [2.75, 3.05) is 38.6 Å². The molecule has 7 heteroatoms. The van der Waals surface area contributed by atoms with Gasteiger partial charge in [-0.1, -0.05) is 0 Å². The van der Waals surface area contributed by atoms with Crippen molar-refractivity contribution in [3.05, 3.63) is 70.9 Å². The fraction of sp³-hybridized carbons (Fsp3) is 0.333. The Kier molecular flexibility index (Phi) is 5.37. The van der Waals surface area contributed by atoms with Crippen LogP contribution in [0.3, 0.4) is 0 Å². The van der Waals surface area contributed by atoms with E-state index in [0.717, 1.165) is 62.4 Å². The molecular formula is C27H27FIN4O-. The summed E-state index contributed by atoms with van der Waals surface area (Å²) in [6.07, 6.45) is 2.65. The minimum Gasteiger partial charge on any atom is -0.352 e. The number of fused-ring (bicyclic) bond motifs is 2. The molecule has 3 aliphatic rings. The fourth-order valence-corrected chi connectivity index (χ4v) is 9.48. The van der Waals surface area contributed by atoms with Gasteiger partial charge in [-0.2, -0.15) is 0 Å². The Labute approximate surface area is 209 Å². The topological polar surface area (TPSA) is 71.2 Å². The number of hydrogen-bond donors (Lipinski definition) is 2. The van der Waals surface area contributed by atoms with E-state index in [1.54, 1.807) is 0 Å². The number of nitrogens with two attached hydrogens (primary N) is 1. The summed E-state index contributed by atoms with van der Waals surface area (Å²) in [5.74, 6) is 0.484. The molecule has 1 aromatic heterocycles. The first-order valence-electron chi connectivity index (χ1n) is 11.7. The van der Waals surface area contributed by atoms with Crippen molar-refractivity contribution < 1.29 is 30.4 Å². The van der Waals surface area contributed by atoms with Gasteiger partial charge in [-0.25, -0.2) is 0 Å². The van der Waals surface area contributed by atoms with Crippen molar-refractivity contribution in [3.63, 3.8) is 0 Å². The van der Waals surface area contributed by atoms with Crippen molar-refractivity contribution >= 4 is 11.7 Å². The van der Waals surface area contributed by atoms with Crippen LogP contribution < -0.4 is 32.3 Å². The van der Waals surface area contributed by atoms with Gasteiger partial charge in [0.25, 0.3) is 5.91 Å². The Morgan fingerprint density at radius 1 is 1.18 bits per heavy atom. The van der Waals surface area contributed by atoms with Gasteiger partial charge in [0.15, 0.2) is 0 Å². The number of aryl methyl sites for hydroxylation is 1. The number of carbonyl (C=O) groups excluding carboxylic acids is 1. The zero-order chi connectivity index (χ0) is 23.4. The smallest absolute Gasteiger partial charge is 0.352 e. The molecule has 3 aliphatic heterocycles. The van der Waals surface area contributed by atoms with Crippen LogP contribution in [-0.4, -0.2) is 52.6 Å². The number of anilines is 1. The summed E-state index contributed by atoms with van der Waals surface area (Å²) >= 11 is 0.155. The Morgan fingerprint density at radius 3 is 2.79 bits per heavy atom. The SMILES string of the molecule is Cc1cc2c(cc1-c1cc(-c3ccc([C@]45CN(CCF)C[C@H]4[I-]5)cc3)cnc1N)CCNC2=O. The Bertz CT molecular complexity index is 1290. The Balaban J connectivity index is 1.31. The summed E-state index contributed by atoms with van der Waals surface area (Å²) in [5, 5.41) is 2.91. The average Bonchev–Trinajstić information content (AvgIpc) is 3.41. The zero-order valence-corrected chi connectivity index (χ0v) is 21.2. The molecule has 5 nitrogen and oxygen atoms in total. The fourth-order valence-electron chi connectivity index (χ4n) is 5.41. The molecule has 2 atom stereocenters. The van der Waals surface area contributed by atoms with Gasteiger partial charge in [-0.05, 0) is 0 Å². The Hall–Kier alpha value is -2.52. The molecule has 4 heterocycles. The summed E-state index contributed by atoms with van der Waals surface area (Å²) in [4.78, 5) is 19.0. The first-order valence-corrected chi connectivity index (χ1v) is 14.0. The van der Waals surface area contributed by atoms with E-state index >= 15 is 0 Å². The number of likely N-dealkylation sites (tertiary alicyclic amines) is 1. The maximum absolute atomic E-state index is 12.8. The third kappa shape index (κ3) is 3.60. The van der Waals surface area contributed by atoms with Crippen LogP contribution in [-0.2, 0) is 9.84 Å². The van der Waals surface area contributed by atoms with Gasteiger partial charge in [0.1, 0.15) is 0 Å². The van der Waals surface area contributed by atoms with Gasteiger partial charge in [-0.3, -0.25) is 4.79 Å². The molecule has 2 saturated heterocycles. The number of halogens is 2. The van der Waals surface area contributed by atoms with Crippen LogP contribution in [0.15, 0.2) is 48.7 Å². The van der Waals surface area contributed by atoms with Crippen LogP contribution in [0.25, 0.3) is 22.3 Å². The van der Waals surface area contributed by atoms with Crippen LogP contribution in [0.5, 0.6) is 0 Å². The van der Waals surface area contributed by atoms with E-state index in [0.29, 0.717) is 22.3 Å². The molecule has 0 aliphatic carbocycles. The molecule has 0 radical (unpaired) electrons. The standard InChI is InChI=1S/C27H27FIN4O/c1-16-10-22-18(6-8-31-26(22)34)11-21(16)23-12-19(13-32-25(23)30)17-2-4-20(5-3-17)27-15-33(9-7-28)14-24(27)29-27/h2-5,10-13,24H,6-9,14-15H2,1H3,(H2,30,32)(H,31,34)/q-1/t24-,27-/m1/s1. The van der Waals surface area contributed by atoms with Gasteiger partial charge >= 0.3 is 187 Å². The average molecular weight is 569 g/mol. The first-order chi connectivity index (χ1) is 16.5. The van der Waals surface area contributed by atoms with Gasteiger partial charge in [-0.15, -0.1) is 0 Å². The van der Waals surface area contributed by atoms with E-state index in [9.17, 15) is 9.18 Å². The van der Waals surface area contributed by atoms with Gasteiger partial charge < -0.3 is 5.32 Å². The minimum atomic E-state index is -0.260. The molecule has 176 valence electrons. The summed E-state index contributed by atoms with van der Waals surface area (Å²) in [5.41, 5.74) is 14.6. The summed E-state index contributed by atoms with van der Waals surface area (Å²) < 4.78 is 13.9. The predicted octanol–water partition coefficient (Wildman–Crippen LogP) is 0.544. The van der Waals surface area contributed by atoms with Crippen molar-refractivity contribution in [2.24, 2.45) is 0 Å². The number of nitrogens with zero attached hydrogens (tertiary/aromatic N) is 2. The molecule has 0 unspecified atom stereocenters. The van der Waals surface area contributed by atoms with Gasteiger partial charge in [0, 0.05) is 6.54 Å². The van der Waals surface area contributed by atoms with Crippen LogP contribution in [0.2, 0.25) is 0 Å². The second kappa shape index (κ2) is 8.30. The molecule has 0 saturated carbocycles. The summed E-state index contributed by atoms with van der Waals surface area (Å²) in [6, 6.07) is 15.0. The number of amides is 1. The zero-order valence-electron chi connectivity index (χ0n) is 19.1. The van der Waals surface area contributed by atoms with Crippen LogP contribution in [0.1, 0.15) is 27.0 Å². The summed E-state index contributed by atoms with van der Waals surface area (Å²) in [7, 11) is 0. The van der Waals surface area contributed by atoms with Crippen LogP contribution >= 0.6 is 0 Å². The number of rotatable bonds is 5. The second-order valence-electron chi connectivity index (χ2n) is 9.43. The van der Waals surface area contributed by atoms with E-state index in [1.165, 1.54) is 5.56 Å². The predicted molar refractivity (Wildman–Crippen MR) is 128 cm³/mol. The maximum atomic E-state index is 12.8. The van der Waals surface area contributed by atoms with Crippen LogP contribution in [0.4, 0.5) is 10.2 Å². The van der Waals surface area contributed by atoms with Crippen molar-refractivity contribution in [3.8, 4) is 22.3 Å². The third-order valence-electron chi connectivity index (χ3n) is 7.33. The minimum absolute atomic E-state index is 0.00860. The number of alkyl halides is 3. The number of pyridine rings is 1. The second-order valence-corrected chi connectivity index (χ2v) is 13.5. The number of aromatic nitrogens is 1. The van der Waals surface area contributed by atoms with E-state index in [2.05, 4.69) is 51.6 Å². The number of benzene rings is 2. The molecule has 34 heavy (non-hydrogen) atoms. The van der Waals surface area contributed by atoms with E-state index in [-0.39, 0.29) is 33.8 Å². The summed E-state index contributed by atoms with van der Waals surface area (Å²) in [6.45, 7) is 5.05.